The normalized spacial score (nSPS) is 18.5. The summed E-state index contributed by atoms with van der Waals surface area (Å²) in [4.78, 5) is 12.3. The van der Waals surface area contributed by atoms with Gasteiger partial charge in [0.15, 0.2) is 0 Å². The lowest BCUT2D eigenvalue weighted by molar-refractivity contribution is -0.122. The molecule has 1 aromatic carbocycles. The summed E-state index contributed by atoms with van der Waals surface area (Å²) in [6.07, 6.45) is 4.56. The van der Waals surface area contributed by atoms with Crippen molar-refractivity contribution in [3.05, 3.63) is 53.3 Å². The molecule has 2 atom stereocenters. The molecule has 22 heavy (non-hydrogen) atoms. The zero-order chi connectivity index (χ0) is 15.4. The van der Waals surface area contributed by atoms with Crippen molar-refractivity contribution in [2.75, 3.05) is 6.54 Å². The van der Waals surface area contributed by atoms with Gasteiger partial charge in [-0.15, -0.1) is 0 Å². The number of aryl methyl sites for hydroxylation is 1. The van der Waals surface area contributed by atoms with E-state index in [0.29, 0.717) is 13.0 Å². The average Bonchev–Trinajstić information content (AvgIpc) is 3.04. The van der Waals surface area contributed by atoms with Crippen molar-refractivity contribution in [3.8, 4) is 0 Å². The maximum Gasteiger partial charge on any atom is 0.227 e. The minimum Gasteiger partial charge on any atom is -0.388 e. The highest BCUT2D eigenvalue weighted by atomic mass is 16.3. The third kappa shape index (κ3) is 3.20. The summed E-state index contributed by atoms with van der Waals surface area (Å²) in [5.74, 6) is -0.0843. The molecule has 0 saturated carbocycles. The summed E-state index contributed by atoms with van der Waals surface area (Å²) in [7, 11) is 0. The Bertz CT molecular complexity index is 624. The Morgan fingerprint density at radius 1 is 1.41 bits per heavy atom. The van der Waals surface area contributed by atoms with Crippen molar-refractivity contribution < 1.29 is 9.90 Å². The number of H-pyrrole nitrogens is 1. The Labute approximate surface area is 129 Å². The van der Waals surface area contributed by atoms with Gasteiger partial charge in [0.25, 0.3) is 0 Å². The number of hydrogen-bond acceptors (Lipinski definition) is 3. The molecule has 5 nitrogen and oxygen atoms in total. The van der Waals surface area contributed by atoms with Gasteiger partial charge in [0, 0.05) is 17.8 Å². The van der Waals surface area contributed by atoms with E-state index in [0.717, 1.165) is 36.1 Å². The highest BCUT2D eigenvalue weighted by Crippen LogP contribution is 2.30. The van der Waals surface area contributed by atoms with Crippen LogP contribution < -0.4 is 5.32 Å². The Morgan fingerprint density at radius 2 is 2.23 bits per heavy atom. The number of carbonyl (C=O) groups is 1. The molecule has 3 rings (SSSR count). The van der Waals surface area contributed by atoms with Gasteiger partial charge in [-0.25, -0.2) is 0 Å². The lowest BCUT2D eigenvalue weighted by atomic mass is 9.86. The van der Waals surface area contributed by atoms with Crippen molar-refractivity contribution in [1.82, 2.24) is 15.5 Å². The van der Waals surface area contributed by atoms with E-state index in [9.17, 15) is 9.90 Å². The van der Waals surface area contributed by atoms with Crippen molar-refractivity contribution >= 4 is 5.91 Å². The second-order valence-electron chi connectivity index (χ2n) is 5.75. The fourth-order valence-electron chi connectivity index (χ4n) is 3.03. The van der Waals surface area contributed by atoms with Crippen LogP contribution in [0.15, 0.2) is 36.5 Å². The van der Waals surface area contributed by atoms with E-state index in [-0.39, 0.29) is 11.8 Å². The summed E-state index contributed by atoms with van der Waals surface area (Å²) < 4.78 is 0. The van der Waals surface area contributed by atoms with Crippen LogP contribution in [0.2, 0.25) is 0 Å². The number of hydrogen-bond donors (Lipinski definition) is 3. The fraction of sp³-hybridized carbons (Fsp3) is 0.412. The first-order valence-corrected chi connectivity index (χ1v) is 7.78. The monoisotopic (exact) mass is 299 g/mol. The van der Waals surface area contributed by atoms with Crippen molar-refractivity contribution in [2.45, 2.75) is 37.7 Å². The van der Waals surface area contributed by atoms with Crippen LogP contribution in [-0.2, 0) is 11.2 Å². The summed E-state index contributed by atoms with van der Waals surface area (Å²) in [5.41, 5.74) is 2.98. The van der Waals surface area contributed by atoms with Gasteiger partial charge in [-0.3, -0.25) is 9.89 Å². The van der Waals surface area contributed by atoms with E-state index in [1.807, 2.05) is 30.3 Å². The van der Waals surface area contributed by atoms with E-state index in [2.05, 4.69) is 15.5 Å². The van der Waals surface area contributed by atoms with Crippen LogP contribution in [0, 0.1) is 0 Å². The van der Waals surface area contributed by atoms with Crippen LogP contribution in [0.4, 0.5) is 0 Å². The van der Waals surface area contributed by atoms with E-state index >= 15 is 0 Å². The van der Waals surface area contributed by atoms with Gasteiger partial charge in [-0.05, 0) is 31.2 Å². The number of rotatable bonds is 5. The minimum absolute atomic E-state index is 0.0302. The van der Waals surface area contributed by atoms with Crippen LogP contribution >= 0.6 is 0 Å². The predicted molar refractivity (Wildman–Crippen MR) is 83.3 cm³/mol. The van der Waals surface area contributed by atoms with Gasteiger partial charge in [-0.1, -0.05) is 30.3 Å². The maximum atomic E-state index is 12.3. The molecule has 0 spiro atoms. The molecule has 0 bridgehead atoms. The molecule has 1 aliphatic carbocycles. The highest BCUT2D eigenvalue weighted by molar-refractivity contribution is 5.84. The summed E-state index contributed by atoms with van der Waals surface area (Å²) >= 11 is 0. The van der Waals surface area contributed by atoms with Crippen LogP contribution in [0.3, 0.4) is 0 Å². The molecule has 1 aromatic heterocycles. The number of nitrogens with zero attached hydrogens (tertiary/aromatic N) is 1. The smallest absolute Gasteiger partial charge is 0.227 e. The number of aliphatic hydroxyl groups excluding tert-OH is 1. The van der Waals surface area contributed by atoms with E-state index in [4.69, 9.17) is 0 Å². The van der Waals surface area contributed by atoms with Crippen molar-refractivity contribution in [1.29, 1.82) is 0 Å². The standard InChI is InChI=1S/C17H21N3O2/c21-16(12-5-2-1-3-6-12)9-10-18-17(22)13-7-4-8-15-14(13)11-19-20-15/h1-3,5-6,11,13,16,21H,4,7-10H2,(H,18,22)(H,19,20). The van der Waals surface area contributed by atoms with Crippen molar-refractivity contribution in [3.63, 3.8) is 0 Å². The first-order chi connectivity index (χ1) is 10.8. The Kier molecular flexibility index (Phi) is 4.53. The number of carbonyl (C=O) groups excluding carboxylic acids is 1. The van der Waals surface area contributed by atoms with Crippen LogP contribution in [0.25, 0.3) is 0 Å². The van der Waals surface area contributed by atoms with Gasteiger partial charge in [0.05, 0.1) is 18.2 Å². The zero-order valence-electron chi connectivity index (χ0n) is 12.5. The number of aromatic amines is 1. The zero-order valence-corrected chi connectivity index (χ0v) is 12.5. The highest BCUT2D eigenvalue weighted by Gasteiger charge is 2.27. The average molecular weight is 299 g/mol. The SMILES string of the molecule is O=C(NCCC(O)c1ccccc1)C1CCCc2[nH]ncc21. The van der Waals surface area contributed by atoms with Crippen LogP contribution in [0.1, 0.15) is 48.1 Å². The largest absolute Gasteiger partial charge is 0.388 e. The van der Waals surface area contributed by atoms with E-state index < -0.39 is 6.10 Å². The second kappa shape index (κ2) is 6.75. The Hall–Kier alpha value is -2.14. The number of nitrogens with one attached hydrogen (secondary N) is 2. The molecule has 2 aromatic rings. The molecule has 1 heterocycles. The van der Waals surface area contributed by atoms with E-state index in [1.165, 1.54) is 0 Å². The Morgan fingerprint density at radius 3 is 3.05 bits per heavy atom. The first kappa shape index (κ1) is 14.8. The molecule has 0 radical (unpaired) electrons. The van der Waals surface area contributed by atoms with Crippen molar-refractivity contribution in [2.24, 2.45) is 0 Å². The number of aliphatic hydroxyl groups is 1. The minimum atomic E-state index is -0.544. The van der Waals surface area contributed by atoms with Gasteiger partial charge < -0.3 is 10.4 Å². The van der Waals surface area contributed by atoms with Gasteiger partial charge >= 0.3 is 0 Å². The second-order valence-corrected chi connectivity index (χ2v) is 5.75. The van der Waals surface area contributed by atoms with Gasteiger partial charge in [-0.2, -0.15) is 5.10 Å². The first-order valence-electron chi connectivity index (χ1n) is 7.78. The third-order valence-electron chi connectivity index (χ3n) is 4.26. The summed E-state index contributed by atoms with van der Waals surface area (Å²) in [6, 6.07) is 9.51. The Balaban J connectivity index is 1.51. The predicted octanol–water partition coefficient (Wildman–Crippen LogP) is 2.07. The molecule has 1 amide bonds. The van der Waals surface area contributed by atoms with Crippen LogP contribution in [-0.4, -0.2) is 27.8 Å². The third-order valence-corrected chi connectivity index (χ3v) is 4.26. The molecule has 0 aliphatic heterocycles. The molecule has 1 aliphatic rings. The molecule has 2 unspecified atom stereocenters. The topological polar surface area (TPSA) is 78.0 Å². The van der Waals surface area contributed by atoms with Gasteiger partial charge in [0.1, 0.15) is 0 Å². The molecule has 0 fully saturated rings. The maximum absolute atomic E-state index is 12.3. The molecule has 3 N–H and O–H groups in total. The number of amides is 1. The van der Waals surface area contributed by atoms with Crippen LogP contribution in [0.5, 0.6) is 0 Å². The van der Waals surface area contributed by atoms with E-state index in [1.54, 1.807) is 6.20 Å². The van der Waals surface area contributed by atoms with Gasteiger partial charge in [0.2, 0.25) is 5.91 Å². The number of fused-ring (bicyclic) bond motifs is 1. The quantitative estimate of drug-likeness (QED) is 0.791. The lowest BCUT2D eigenvalue weighted by Gasteiger charge is -2.21. The summed E-state index contributed by atoms with van der Waals surface area (Å²) in [6.45, 7) is 0.471. The lowest BCUT2D eigenvalue weighted by Crippen LogP contribution is -2.32. The number of benzene rings is 1. The molecule has 116 valence electrons. The fourth-order valence-corrected chi connectivity index (χ4v) is 3.03. The summed E-state index contributed by atoms with van der Waals surface area (Å²) in [5, 5.41) is 20.1. The molecular weight excluding hydrogens is 278 g/mol. The molecule has 5 heteroatoms. The number of aromatic nitrogens is 2. The molecular formula is C17H21N3O2. The molecule has 0 saturated heterocycles.